The highest BCUT2D eigenvalue weighted by Gasteiger charge is 2.32. The van der Waals surface area contributed by atoms with E-state index < -0.39 is 0 Å². The molecule has 0 unspecified atom stereocenters. The highest BCUT2D eigenvalue weighted by molar-refractivity contribution is 6.25. The van der Waals surface area contributed by atoms with Gasteiger partial charge in [-0.15, -0.1) is 0 Å². The molecule has 174 valence electrons. The van der Waals surface area contributed by atoms with Crippen LogP contribution < -0.4 is 5.32 Å². The van der Waals surface area contributed by atoms with E-state index in [-0.39, 0.29) is 36.6 Å². The van der Waals surface area contributed by atoms with Gasteiger partial charge in [0.2, 0.25) is 11.8 Å². The first-order valence-corrected chi connectivity index (χ1v) is 11.6. The average molecular weight is 451 g/mol. The number of nitrogens with one attached hydrogen (secondary N) is 1. The van der Waals surface area contributed by atoms with Crippen molar-refractivity contribution in [1.82, 2.24) is 20.0 Å². The highest BCUT2D eigenvalue weighted by atomic mass is 16.2. The monoisotopic (exact) mass is 450 g/mol. The average Bonchev–Trinajstić information content (AvgIpc) is 2.83. The van der Waals surface area contributed by atoms with Crippen molar-refractivity contribution in [3.8, 4) is 0 Å². The predicted molar refractivity (Wildman–Crippen MR) is 125 cm³/mol. The second-order valence-corrected chi connectivity index (χ2v) is 8.58. The largest absolute Gasteiger partial charge is 0.355 e. The molecule has 0 radical (unpaired) electrons. The summed E-state index contributed by atoms with van der Waals surface area (Å²) in [4.78, 5) is 55.6. The van der Waals surface area contributed by atoms with Crippen LogP contribution in [0.15, 0.2) is 36.4 Å². The molecule has 0 aliphatic carbocycles. The van der Waals surface area contributed by atoms with Gasteiger partial charge in [-0.3, -0.25) is 29.0 Å². The lowest BCUT2D eigenvalue weighted by atomic mass is 9.94. The van der Waals surface area contributed by atoms with Crippen molar-refractivity contribution in [2.75, 3.05) is 45.8 Å². The smallest absolute Gasteiger partial charge is 0.261 e. The van der Waals surface area contributed by atoms with Crippen LogP contribution >= 0.6 is 0 Å². The van der Waals surface area contributed by atoms with Crippen molar-refractivity contribution in [3.63, 3.8) is 0 Å². The number of carbonyl (C=O) groups excluding carboxylic acids is 4. The molecule has 2 aromatic rings. The van der Waals surface area contributed by atoms with Crippen LogP contribution in [-0.2, 0) is 9.59 Å². The SMILES string of the molecule is CCCNC(=O)CN1CCN(C(=O)CCCN2C(=O)c3cccc4cccc(c34)C2=O)CC1. The molecule has 2 aliphatic rings. The van der Waals surface area contributed by atoms with Crippen molar-refractivity contribution >= 4 is 34.4 Å². The Morgan fingerprint density at radius 1 is 0.939 bits per heavy atom. The van der Waals surface area contributed by atoms with E-state index in [2.05, 4.69) is 10.2 Å². The normalized spacial score (nSPS) is 16.4. The van der Waals surface area contributed by atoms with Crippen LogP contribution in [0.25, 0.3) is 10.8 Å². The first kappa shape index (κ1) is 22.9. The van der Waals surface area contributed by atoms with Gasteiger partial charge in [-0.2, -0.15) is 0 Å². The summed E-state index contributed by atoms with van der Waals surface area (Å²) in [6.45, 7) is 5.75. The molecule has 1 saturated heterocycles. The zero-order valence-electron chi connectivity index (χ0n) is 19.0. The first-order chi connectivity index (χ1) is 16.0. The number of nitrogens with zero attached hydrogens (tertiary/aromatic N) is 3. The third-order valence-corrected chi connectivity index (χ3v) is 6.29. The van der Waals surface area contributed by atoms with Gasteiger partial charge in [0.25, 0.3) is 11.8 Å². The summed E-state index contributed by atoms with van der Waals surface area (Å²) in [6, 6.07) is 10.9. The molecule has 33 heavy (non-hydrogen) atoms. The lowest BCUT2D eigenvalue weighted by molar-refractivity contribution is -0.133. The third-order valence-electron chi connectivity index (χ3n) is 6.29. The van der Waals surface area contributed by atoms with Crippen LogP contribution in [0.5, 0.6) is 0 Å². The van der Waals surface area contributed by atoms with Crippen LogP contribution in [0.1, 0.15) is 46.9 Å². The Morgan fingerprint density at radius 3 is 2.18 bits per heavy atom. The second kappa shape index (κ2) is 10.1. The molecule has 0 aromatic heterocycles. The Hall–Kier alpha value is -3.26. The van der Waals surface area contributed by atoms with Crippen LogP contribution in [0.2, 0.25) is 0 Å². The number of imide groups is 1. The van der Waals surface area contributed by atoms with Crippen LogP contribution in [0.4, 0.5) is 0 Å². The van der Waals surface area contributed by atoms with Crippen LogP contribution in [0.3, 0.4) is 0 Å². The van der Waals surface area contributed by atoms with E-state index >= 15 is 0 Å². The van der Waals surface area contributed by atoms with Crippen molar-refractivity contribution < 1.29 is 19.2 Å². The molecule has 0 saturated carbocycles. The standard InChI is InChI=1S/C25H30N4O4/c1-2-11-26-21(30)17-27-13-15-28(16-14-27)22(31)10-5-12-29-24(32)19-8-3-6-18-7-4-9-20(23(18)19)25(29)33/h3-4,6-9H,2,5,10-17H2,1H3,(H,26,30). The zero-order valence-corrected chi connectivity index (χ0v) is 19.0. The summed E-state index contributed by atoms with van der Waals surface area (Å²) in [5.41, 5.74) is 1.07. The van der Waals surface area contributed by atoms with Gasteiger partial charge in [0.1, 0.15) is 0 Å². The highest BCUT2D eigenvalue weighted by Crippen LogP contribution is 2.30. The van der Waals surface area contributed by atoms with Gasteiger partial charge in [0.05, 0.1) is 6.54 Å². The molecule has 0 bridgehead atoms. The third kappa shape index (κ3) is 4.90. The maximum Gasteiger partial charge on any atom is 0.261 e. The quantitative estimate of drug-likeness (QED) is 0.621. The molecule has 2 heterocycles. The number of hydrogen-bond acceptors (Lipinski definition) is 5. The number of benzene rings is 2. The summed E-state index contributed by atoms with van der Waals surface area (Å²) >= 11 is 0. The number of carbonyl (C=O) groups is 4. The second-order valence-electron chi connectivity index (χ2n) is 8.58. The maximum absolute atomic E-state index is 13.0. The molecule has 2 aliphatic heterocycles. The lowest BCUT2D eigenvalue weighted by Gasteiger charge is -2.34. The topological polar surface area (TPSA) is 90.0 Å². The zero-order chi connectivity index (χ0) is 23.4. The number of piperazine rings is 1. The first-order valence-electron chi connectivity index (χ1n) is 11.6. The summed E-state index contributed by atoms with van der Waals surface area (Å²) < 4.78 is 0. The minimum absolute atomic E-state index is 0.0180. The van der Waals surface area contributed by atoms with E-state index in [0.717, 1.165) is 11.8 Å². The van der Waals surface area contributed by atoms with Gasteiger partial charge in [-0.05, 0) is 30.4 Å². The fraction of sp³-hybridized carbons (Fsp3) is 0.440. The fourth-order valence-corrected chi connectivity index (χ4v) is 4.51. The number of amides is 4. The van der Waals surface area contributed by atoms with E-state index in [4.69, 9.17) is 0 Å². The maximum atomic E-state index is 13.0. The van der Waals surface area contributed by atoms with Crippen molar-refractivity contribution in [1.29, 1.82) is 0 Å². The summed E-state index contributed by atoms with van der Waals surface area (Å²) in [7, 11) is 0. The molecule has 8 nitrogen and oxygen atoms in total. The van der Waals surface area contributed by atoms with Gasteiger partial charge in [-0.1, -0.05) is 31.2 Å². The Balaban J connectivity index is 1.27. The summed E-state index contributed by atoms with van der Waals surface area (Å²) in [6.07, 6.45) is 1.61. The Bertz CT molecular complexity index is 1020. The van der Waals surface area contributed by atoms with Gasteiger partial charge < -0.3 is 10.2 Å². The van der Waals surface area contributed by atoms with E-state index in [1.807, 2.05) is 31.2 Å². The molecule has 2 aromatic carbocycles. The van der Waals surface area contributed by atoms with E-state index in [9.17, 15) is 19.2 Å². The molecule has 4 amide bonds. The molecular weight excluding hydrogens is 420 g/mol. The van der Waals surface area contributed by atoms with Gasteiger partial charge >= 0.3 is 0 Å². The van der Waals surface area contributed by atoms with E-state index in [0.29, 0.717) is 62.2 Å². The van der Waals surface area contributed by atoms with Crippen LogP contribution in [0, 0.1) is 0 Å². The van der Waals surface area contributed by atoms with Gasteiger partial charge in [-0.25, -0.2) is 0 Å². The minimum Gasteiger partial charge on any atom is -0.355 e. The molecule has 1 N–H and O–H groups in total. The van der Waals surface area contributed by atoms with Crippen molar-refractivity contribution in [2.45, 2.75) is 26.2 Å². The van der Waals surface area contributed by atoms with Gasteiger partial charge in [0.15, 0.2) is 0 Å². The Kier molecular flexibility index (Phi) is 7.03. The van der Waals surface area contributed by atoms with Gasteiger partial charge in [0, 0.05) is 62.2 Å². The van der Waals surface area contributed by atoms with E-state index in [1.165, 1.54) is 4.90 Å². The van der Waals surface area contributed by atoms with E-state index in [1.54, 1.807) is 17.0 Å². The lowest BCUT2D eigenvalue weighted by Crippen LogP contribution is -2.51. The number of rotatable bonds is 8. The Morgan fingerprint density at radius 2 is 1.58 bits per heavy atom. The molecular formula is C25H30N4O4. The van der Waals surface area contributed by atoms with Crippen molar-refractivity contribution in [2.24, 2.45) is 0 Å². The number of hydrogen-bond donors (Lipinski definition) is 1. The van der Waals surface area contributed by atoms with Crippen LogP contribution in [-0.4, -0.2) is 84.1 Å². The molecule has 1 fully saturated rings. The molecule has 4 rings (SSSR count). The fourth-order valence-electron chi connectivity index (χ4n) is 4.51. The molecule has 0 spiro atoms. The molecule has 8 heteroatoms. The summed E-state index contributed by atoms with van der Waals surface area (Å²) in [5.74, 6) is -0.562. The minimum atomic E-state index is -0.299. The Labute approximate surface area is 193 Å². The predicted octanol–water partition coefficient (Wildman–Crippen LogP) is 1.89. The summed E-state index contributed by atoms with van der Waals surface area (Å²) in [5, 5.41) is 4.46. The molecule has 0 atom stereocenters. The van der Waals surface area contributed by atoms with Crippen molar-refractivity contribution in [3.05, 3.63) is 47.5 Å².